The van der Waals surface area contributed by atoms with E-state index in [-0.39, 0.29) is 12.7 Å². The lowest BCUT2D eigenvalue weighted by molar-refractivity contribution is -0.0553. The van der Waals surface area contributed by atoms with Crippen LogP contribution in [0.25, 0.3) is 0 Å². The van der Waals surface area contributed by atoms with Crippen molar-refractivity contribution < 1.29 is 9.84 Å². The largest absolute Gasteiger partial charge is 0.394 e. The van der Waals surface area contributed by atoms with Crippen LogP contribution in [0.4, 0.5) is 5.82 Å². The third-order valence-corrected chi connectivity index (χ3v) is 3.08. The summed E-state index contributed by atoms with van der Waals surface area (Å²) in [5, 5.41) is 9.68. The third-order valence-electron chi connectivity index (χ3n) is 2.74. The van der Waals surface area contributed by atoms with Gasteiger partial charge in [0, 0.05) is 19.6 Å². The van der Waals surface area contributed by atoms with Crippen LogP contribution >= 0.6 is 11.6 Å². The first-order valence-electron chi connectivity index (χ1n) is 5.54. The predicted octanol–water partition coefficient (Wildman–Crippen LogP) is 0.510. The van der Waals surface area contributed by atoms with E-state index in [1.807, 2.05) is 0 Å². The highest BCUT2D eigenvalue weighted by atomic mass is 35.5. The molecule has 0 radical (unpaired) electrons. The Morgan fingerprint density at radius 2 is 2.41 bits per heavy atom. The van der Waals surface area contributed by atoms with Crippen molar-refractivity contribution in [3.05, 3.63) is 22.8 Å². The van der Waals surface area contributed by atoms with Crippen LogP contribution in [0, 0.1) is 0 Å². The Balaban J connectivity index is 2.02. The molecule has 1 aliphatic rings. The SMILES string of the molecule is Nc1ccc(Cl)c(CN2CCOC(CO)C2)n1. The van der Waals surface area contributed by atoms with Gasteiger partial charge in [0.25, 0.3) is 0 Å². The average Bonchev–Trinajstić information content (AvgIpc) is 2.34. The van der Waals surface area contributed by atoms with Gasteiger partial charge in [-0.1, -0.05) is 11.6 Å². The zero-order valence-electron chi connectivity index (χ0n) is 9.47. The summed E-state index contributed by atoms with van der Waals surface area (Å²) in [4.78, 5) is 6.37. The van der Waals surface area contributed by atoms with E-state index in [4.69, 9.17) is 27.2 Å². The number of anilines is 1. The molecule has 1 fully saturated rings. The summed E-state index contributed by atoms with van der Waals surface area (Å²) in [6.45, 7) is 2.77. The van der Waals surface area contributed by atoms with E-state index in [9.17, 15) is 0 Å². The van der Waals surface area contributed by atoms with Crippen molar-refractivity contribution in [1.82, 2.24) is 9.88 Å². The molecule has 1 aliphatic heterocycles. The Kier molecular flexibility index (Phi) is 4.17. The minimum absolute atomic E-state index is 0.0363. The summed E-state index contributed by atoms with van der Waals surface area (Å²) in [5.74, 6) is 0.469. The van der Waals surface area contributed by atoms with E-state index in [1.54, 1.807) is 12.1 Å². The Morgan fingerprint density at radius 1 is 1.59 bits per heavy atom. The van der Waals surface area contributed by atoms with Crippen molar-refractivity contribution in [3.8, 4) is 0 Å². The van der Waals surface area contributed by atoms with Crippen LogP contribution in [0.2, 0.25) is 5.02 Å². The number of aromatic nitrogens is 1. The van der Waals surface area contributed by atoms with Crippen molar-refractivity contribution in [2.75, 3.05) is 32.0 Å². The predicted molar refractivity (Wildman–Crippen MR) is 65.8 cm³/mol. The van der Waals surface area contributed by atoms with E-state index >= 15 is 0 Å². The van der Waals surface area contributed by atoms with Gasteiger partial charge in [-0.3, -0.25) is 4.90 Å². The zero-order chi connectivity index (χ0) is 12.3. The number of morpholine rings is 1. The van der Waals surface area contributed by atoms with E-state index in [0.29, 0.717) is 30.5 Å². The van der Waals surface area contributed by atoms with Gasteiger partial charge >= 0.3 is 0 Å². The van der Waals surface area contributed by atoms with Gasteiger partial charge in [0.2, 0.25) is 0 Å². The third kappa shape index (κ3) is 3.29. The standard InChI is InChI=1S/C11H16ClN3O2/c12-9-1-2-11(13)14-10(9)6-15-3-4-17-8(5-15)7-16/h1-2,8,16H,3-7H2,(H2,13,14). The number of halogens is 1. The van der Waals surface area contributed by atoms with Crippen molar-refractivity contribution >= 4 is 17.4 Å². The molecule has 0 spiro atoms. The maximum absolute atomic E-state index is 9.06. The van der Waals surface area contributed by atoms with Crippen LogP contribution in [0.3, 0.4) is 0 Å². The van der Waals surface area contributed by atoms with E-state index < -0.39 is 0 Å². The molecule has 1 aromatic rings. The number of aliphatic hydroxyl groups excluding tert-OH is 1. The molecular weight excluding hydrogens is 242 g/mol. The molecule has 2 rings (SSSR count). The molecule has 2 heterocycles. The van der Waals surface area contributed by atoms with Crippen molar-refractivity contribution in [2.24, 2.45) is 0 Å². The number of aliphatic hydroxyl groups is 1. The van der Waals surface area contributed by atoms with Crippen LogP contribution in [-0.2, 0) is 11.3 Å². The lowest BCUT2D eigenvalue weighted by atomic mass is 10.2. The fraction of sp³-hybridized carbons (Fsp3) is 0.545. The normalized spacial score (nSPS) is 21.6. The Hall–Kier alpha value is -0.880. The lowest BCUT2D eigenvalue weighted by Crippen LogP contribution is -2.43. The first kappa shape index (κ1) is 12.6. The minimum Gasteiger partial charge on any atom is -0.394 e. The molecule has 1 atom stereocenters. The maximum Gasteiger partial charge on any atom is 0.123 e. The van der Waals surface area contributed by atoms with Gasteiger partial charge in [-0.25, -0.2) is 4.98 Å². The molecule has 1 aromatic heterocycles. The lowest BCUT2D eigenvalue weighted by Gasteiger charge is -2.31. The first-order chi connectivity index (χ1) is 8.19. The van der Waals surface area contributed by atoms with Gasteiger partial charge in [0.15, 0.2) is 0 Å². The summed E-state index contributed by atoms with van der Waals surface area (Å²) < 4.78 is 5.38. The number of nitrogens with zero attached hydrogens (tertiary/aromatic N) is 2. The molecule has 5 nitrogen and oxygen atoms in total. The van der Waals surface area contributed by atoms with Crippen molar-refractivity contribution in [2.45, 2.75) is 12.6 Å². The molecule has 0 aromatic carbocycles. The molecule has 0 saturated carbocycles. The average molecular weight is 258 g/mol. The smallest absolute Gasteiger partial charge is 0.123 e. The fourth-order valence-corrected chi connectivity index (χ4v) is 2.02. The number of hydrogen-bond acceptors (Lipinski definition) is 5. The molecule has 1 saturated heterocycles. The summed E-state index contributed by atoms with van der Waals surface area (Å²) in [6.07, 6.45) is -0.122. The molecule has 1 unspecified atom stereocenters. The van der Waals surface area contributed by atoms with Crippen LogP contribution in [0.1, 0.15) is 5.69 Å². The zero-order valence-corrected chi connectivity index (χ0v) is 10.2. The molecular formula is C11H16ClN3O2. The monoisotopic (exact) mass is 257 g/mol. The van der Waals surface area contributed by atoms with Gasteiger partial charge in [-0.2, -0.15) is 0 Å². The Labute approximate surface area is 105 Å². The number of pyridine rings is 1. The number of hydrogen-bond donors (Lipinski definition) is 2. The van der Waals surface area contributed by atoms with Gasteiger partial charge in [0.1, 0.15) is 5.82 Å². The molecule has 6 heteroatoms. The molecule has 94 valence electrons. The van der Waals surface area contributed by atoms with Gasteiger partial charge in [-0.05, 0) is 12.1 Å². The quantitative estimate of drug-likeness (QED) is 0.826. The second kappa shape index (κ2) is 5.64. The van der Waals surface area contributed by atoms with Crippen molar-refractivity contribution in [3.63, 3.8) is 0 Å². The number of rotatable bonds is 3. The van der Waals surface area contributed by atoms with Gasteiger partial charge in [-0.15, -0.1) is 0 Å². The number of ether oxygens (including phenoxy) is 1. The second-order valence-corrected chi connectivity index (χ2v) is 4.48. The van der Waals surface area contributed by atoms with E-state index in [1.165, 1.54) is 0 Å². The van der Waals surface area contributed by atoms with Crippen LogP contribution in [0.5, 0.6) is 0 Å². The molecule has 3 N–H and O–H groups in total. The highest BCUT2D eigenvalue weighted by molar-refractivity contribution is 6.31. The Morgan fingerprint density at radius 3 is 3.18 bits per heavy atom. The summed E-state index contributed by atoms with van der Waals surface area (Å²) in [7, 11) is 0. The molecule has 0 aliphatic carbocycles. The molecule has 17 heavy (non-hydrogen) atoms. The van der Waals surface area contributed by atoms with Gasteiger partial charge in [0.05, 0.1) is 30.0 Å². The summed E-state index contributed by atoms with van der Waals surface area (Å²) in [5.41, 5.74) is 6.40. The minimum atomic E-state index is -0.122. The highest BCUT2D eigenvalue weighted by Crippen LogP contribution is 2.18. The molecule has 0 amide bonds. The van der Waals surface area contributed by atoms with E-state index in [0.717, 1.165) is 12.2 Å². The summed E-state index contributed by atoms with van der Waals surface area (Å²) in [6, 6.07) is 3.44. The second-order valence-electron chi connectivity index (χ2n) is 4.08. The first-order valence-corrected chi connectivity index (χ1v) is 5.92. The Bertz CT molecular complexity index is 389. The van der Waals surface area contributed by atoms with E-state index in [2.05, 4.69) is 9.88 Å². The molecule has 0 bridgehead atoms. The maximum atomic E-state index is 9.06. The topological polar surface area (TPSA) is 71.6 Å². The van der Waals surface area contributed by atoms with Crippen LogP contribution in [-0.4, -0.2) is 47.4 Å². The number of nitrogen functional groups attached to an aromatic ring is 1. The van der Waals surface area contributed by atoms with Crippen LogP contribution < -0.4 is 5.73 Å². The van der Waals surface area contributed by atoms with Crippen LogP contribution in [0.15, 0.2) is 12.1 Å². The van der Waals surface area contributed by atoms with Crippen molar-refractivity contribution in [1.29, 1.82) is 0 Å². The summed E-state index contributed by atoms with van der Waals surface area (Å²) >= 11 is 6.06. The fourth-order valence-electron chi connectivity index (χ4n) is 1.86. The van der Waals surface area contributed by atoms with Gasteiger partial charge < -0.3 is 15.6 Å². The highest BCUT2D eigenvalue weighted by Gasteiger charge is 2.20. The number of nitrogens with two attached hydrogens (primary N) is 1.